The third-order valence-corrected chi connectivity index (χ3v) is 2.85. The highest BCUT2D eigenvalue weighted by molar-refractivity contribution is 5.97. The Morgan fingerprint density at radius 1 is 1.39 bits per heavy atom. The summed E-state index contributed by atoms with van der Waals surface area (Å²) in [5.41, 5.74) is 0.297. The first-order valence-corrected chi connectivity index (χ1v) is 5.60. The van der Waals surface area contributed by atoms with Crippen molar-refractivity contribution in [2.24, 2.45) is 0 Å². The first kappa shape index (κ1) is 14.6. The summed E-state index contributed by atoms with van der Waals surface area (Å²) in [5.74, 6) is 0.0902. The molecule has 100 valence electrons. The fraction of sp³-hybridized carbons (Fsp3) is 0.417. The van der Waals surface area contributed by atoms with Gasteiger partial charge in [0, 0.05) is 26.2 Å². The van der Waals surface area contributed by atoms with Gasteiger partial charge in [0.15, 0.2) is 11.5 Å². The summed E-state index contributed by atoms with van der Waals surface area (Å²) >= 11 is 0. The van der Waals surface area contributed by atoms with Gasteiger partial charge in [0.05, 0.1) is 12.7 Å². The van der Waals surface area contributed by atoms with Crippen LogP contribution in [0.25, 0.3) is 0 Å². The molecule has 1 aliphatic heterocycles. The molecule has 1 fully saturated rings. The maximum Gasteiger partial charge on any atom is 0.257 e. The molecule has 0 aromatic heterocycles. The van der Waals surface area contributed by atoms with Gasteiger partial charge in [-0.05, 0) is 12.1 Å². The van der Waals surface area contributed by atoms with Crippen LogP contribution < -0.4 is 10.1 Å². The molecule has 0 saturated carbocycles. The van der Waals surface area contributed by atoms with Crippen molar-refractivity contribution >= 4 is 18.3 Å². The second-order valence-corrected chi connectivity index (χ2v) is 3.90. The Morgan fingerprint density at radius 2 is 2.06 bits per heavy atom. The number of hydrogen-bond donors (Lipinski definition) is 2. The first-order chi connectivity index (χ1) is 8.24. The molecule has 1 aliphatic rings. The fourth-order valence-corrected chi connectivity index (χ4v) is 1.90. The van der Waals surface area contributed by atoms with Crippen molar-refractivity contribution in [2.75, 3.05) is 33.3 Å². The van der Waals surface area contributed by atoms with Crippen molar-refractivity contribution in [3.63, 3.8) is 0 Å². The number of carbonyl (C=O) groups excluding carboxylic acids is 1. The van der Waals surface area contributed by atoms with Crippen LogP contribution in [0.4, 0.5) is 0 Å². The number of nitrogens with one attached hydrogen (secondary N) is 1. The van der Waals surface area contributed by atoms with Crippen molar-refractivity contribution in [3.05, 3.63) is 23.8 Å². The molecule has 0 spiro atoms. The highest BCUT2D eigenvalue weighted by atomic mass is 35.5. The third-order valence-electron chi connectivity index (χ3n) is 2.85. The maximum absolute atomic E-state index is 12.2. The van der Waals surface area contributed by atoms with Gasteiger partial charge in [-0.3, -0.25) is 4.79 Å². The molecule has 1 aromatic carbocycles. The minimum absolute atomic E-state index is 0. The molecule has 18 heavy (non-hydrogen) atoms. The number of halogens is 1. The lowest BCUT2D eigenvalue weighted by molar-refractivity contribution is 0.0732. The van der Waals surface area contributed by atoms with Crippen molar-refractivity contribution in [1.82, 2.24) is 10.2 Å². The van der Waals surface area contributed by atoms with Gasteiger partial charge >= 0.3 is 0 Å². The molecule has 2 N–H and O–H groups in total. The summed E-state index contributed by atoms with van der Waals surface area (Å²) in [6.45, 7) is 2.90. The molecule has 1 heterocycles. The van der Waals surface area contributed by atoms with E-state index >= 15 is 0 Å². The lowest BCUT2D eigenvalue weighted by Crippen LogP contribution is -2.46. The van der Waals surface area contributed by atoms with E-state index in [9.17, 15) is 9.90 Å². The summed E-state index contributed by atoms with van der Waals surface area (Å²) < 4.78 is 4.99. The van der Waals surface area contributed by atoms with Crippen molar-refractivity contribution in [2.45, 2.75) is 0 Å². The van der Waals surface area contributed by atoms with E-state index in [1.54, 1.807) is 23.1 Å². The number of carbonyl (C=O) groups is 1. The van der Waals surface area contributed by atoms with Gasteiger partial charge in [-0.1, -0.05) is 6.07 Å². The summed E-state index contributed by atoms with van der Waals surface area (Å²) in [6, 6.07) is 4.94. The topological polar surface area (TPSA) is 61.8 Å². The molecule has 0 unspecified atom stereocenters. The molecule has 1 aromatic rings. The zero-order valence-corrected chi connectivity index (χ0v) is 11.0. The van der Waals surface area contributed by atoms with Crippen LogP contribution in [-0.4, -0.2) is 49.2 Å². The van der Waals surface area contributed by atoms with E-state index in [0.717, 1.165) is 13.1 Å². The average molecular weight is 273 g/mol. The van der Waals surface area contributed by atoms with Crippen LogP contribution in [0.2, 0.25) is 0 Å². The molecule has 6 heteroatoms. The van der Waals surface area contributed by atoms with E-state index in [1.165, 1.54) is 7.11 Å². The van der Waals surface area contributed by atoms with Gasteiger partial charge in [-0.25, -0.2) is 0 Å². The van der Waals surface area contributed by atoms with Gasteiger partial charge in [0.25, 0.3) is 5.91 Å². The van der Waals surface area contributed by atoms with Gasteiger partial charge in [-0.15, -0.1) is 12.4 Å². The Kier molecular flexibility index (Phi) is 5.25. The lowest BCUT2D eigenvalue weighted by atomic mass is 10.1. The first-order valence-electron chi connectivity index (χ1n) is 5.60. The quantitative estimate of drug-likeness (QED) is 0.839. The smallest absolute Gasteiger partial charge is 0.257 e. The molecular weight excluding hydrogens is 256 g/mol. The molecule has 0 radical (unpaired) electrons. The molecule has 0 aliphatic carbocycles. The Hall–Kier alpha value is -1.46. The Labute approximate surface area is 112 Å². The number of phenols is 1. The number of hydrogen-bond acceptors (Lipinski definition) is 4. The number of nitrogens with zero attached hydrogens (tertiary/aromatic N) is 1. The predicted octanol–water partition coefficient (Wildman–Crippen LogP) is 0.868. The lowest BCUT2D eigenvalue weighted by Gasteiger charge is -2.27. The number of rotatable bonds is 2. The van der Waals surface area contributed by atoms with Gasteiger partial charge in [0.1, 0.15) is 0 Å². The fourth-order valence-electron chi connectivity index (χ4n) is 1.90. The minimum atomic E-state index is -0.150. The number of aromatic hydroxyl groups is 1. The monoisotopic (exact) mass is 272 g/mol. The number of phenolic OH excluding ortho intramolecular Hbond substituents is 1. The zero-order valence-electron chi connectivity index (χ0n) is 10.2. The Balaban J connectivity index is 0.00000162. The Morgan fingerprint density at radius 3 is 2.67 bits per heavy atom. The molecular formula is C12H17ClN2O3. The van der Waals surface area contributed by atoms with E-state index < -0.39 is 0 Å². The number of para-hydroxylation sites is 1. The van der Waals surface area contributed by atoms with E-state index in [1.807, 2.05) is 0 Å². The minimum Gasteiger partial charge on any atom is -0.504 e. The normalized spacial score (nSPS) is 14.8. The Bertz CT molecular complexity index is 420. The SMILES string of the molecule is COc1cccc(C(=O)N2CCNCC2)c1O.Cl. The van der Waals surface area contributed by atoms with Crippen LogP contribution in [0, 0.1) is 0 Å². The molecule has 1 amide bonds. The van der Waals surface area contributed by atoms with Gasteiger partial charge in [0.2, 0.25) is 0 Å². The van der Waals surface area contributed by atoms with Crippen LogP contribution in [0.3, 0.4) is 0 Å². The van der Waals surface area contributed by atoms with Crippen molar-refractivity contribution in [1.29, 1.82) is 0 Å². The van der Waals surface area contributed by atoms with Crippen LogP contribution >= 0.6 is 12.4 Å². The van der Waals surface area contributed by atoms with Crippen LogP contribution in [0.1, 0.15) is 10.4 Å². The van der Waals surface area contributed by atoms with Crippen LogP contribution in [0.15, 0.2) is 18.2 Å². The van der Waals surface area contributed by atoms with Gasteiger partial charge in [-0.2, -0.15) is 0 Å². The van der Waals surface area contributed by atoms with Crippen LogP contribution in [0.5, 0.6) is 11.5 Å². The maximum atomic E-state index is 12.2. The molecule has 5 nitrogen and oxygen atoms in total. The van der Waals surface area contributed by atoms with Gasteiger partial charge < -0.3 is 20.1 Å². The number of methoxy groups -OCH3 is 1. The number of piperazine rings is 1. The summed E-state index contributed by atoms with van der Waals surface area (Å²) in [7, 11) is 1.47. The number of amides is 1. The average Bonchev–Trinajstić information content (AvgIpc) is 2.39. The predicted molar refractivity (Wildman–Crippen MR) is 70.7 cm³/mol. The van der Waals surface area contributed by atoms with Crippen molar-refractivity contribution < 1.29 is 14.6 Å². The third kappa shape index (κ3) is 2.86. The standard InChI is InChI=1S/C12H16N2O3.ClH/c1-17-10-4-2-3-9(11(10)15)12(16)14-7-5-13-6-8-14;/h2-4,13,15H,5-8H2,1H3;1H. The second-order valence-electron chi connectivity index (χ2n) is 3.90. The molecule has 1 saturated heterocycles. The van der Waals surface area contributed by atoms with E-state index in [-0.39, 0.29) is 24.1 Å². The highest BCUT2D eigenvalue weighted by Crippen LogP contribution is 2.30. The molecule has 0 atom stereocenters. The van der Waals surface area contributed by atoms with E-state index in [4.69, 9.17) is 4.74 Å². The van der Waals surface area contributed by atoms with Crippen LogP contribution in [-0.2, 0) is 0 Å². The second kappa shape index (κ2) is 6.47. The largest absolute Gasteiger partial charge is 0.504 e. The summed E-state index contributed by atoms with van der Waals surface area (Å²) in [4.78, 5) is 13.9. The van der Waals surface area contributed by atoms with E-state index in [0.29, 0.717) is 24.4 Å². The molecule has 2 rings (SSSR count). The summed E-state index contributed by atoms with van der Waals surface area (Å²) in [5, 5.41) is 13.1. The number of ether oxygens (including phenoxy) is 1. The zero-order chi connectivity index (χ0) is 12.3. The summed E-state index contributed by atoms with van der Waals surface area (Å²) in [6.07, 6.45) is 0. The highest BCUT2D eigenvalue weighted by Gasteiger charge is 2.21. The van der Waals surface area contributed by atoms with Crippen molar-refractivity contribution in [3.8, 4) is 11.5 Å². The molecule has 0 bridgehead atoms. The number of benzene rings is 1. The van der Waals surface area contributed by atoms with E-state index in [2.05, 4.69) is 5.32 Å².